The van der Waals surface area contributed by atoms with Gasteiger partial charge in [-0.25, -0.2) is 0 Å². The van der Waals surface area contributed by atoms with Crippen molar-refractivity contribution in [1.29, 1.82) is 0 Å². The van der Waals surface area contributed by atoms with Crippen LogP contribution in [0.4, 0.5) is 0 Å². The van der Waals surface area contributed by atoms with Gasteiger partial charge in [0.2, 0.25) is 0 Å². The molecule has 0 fully saturated rings. The molecule has 0 bridgehead atoms. The minimum Gasteiger partial charge on any atom is -0.367 e. The van der Waals surface area contributed by atoms with E-state index in [0.29, 0.717) is 0 Å². The highest BCUT2D eigenvalue weighted by molar-refractivity contribution is 5.23. The first kappa shape index (κ1) is 23.3. The minimum atomic E-state index is 1.28. The second kappa shape index (κ2) is 17.7. The van der Waals surface area contributed by atoms with Gasteiger partial charge in [-0.05, 0) is 36.8 Å². The molecule has 0 atom stereocenters. The lowest BCUT2D eigenvalue weighted by Gasteiger charge is -2.05. The first-order valence-electron chi connectivity index (χ1n) is 12.0. The van der Waals surface area contributed by atoms with Gasteiger partial charge in [-0.2, -0.15) is 0 Å². The van der Waals surface area contributed by atoms with E-state index in [2.05, 4.69) is 31.2 Å². The summed E-state index contributed by atoms with van der Waals surface area (Å²) in [7, 11) is 0. The lowest BCUT2D eigenvalue weighted by Crippen LogP contribution is -1.92. The molecule has 1 aromatic rings. The first-order valence-corrected chi connectivity index (χ1v) is 12.0. The topological polar surface area (TPSA) is 15.8 Å². The number of aromatic nitrogens is 1. The summed E-state index contributed by atoms with van der Waals surface area (Å²) in [4.78, 5) is 3.35. The van der Waals surface area contributed by atoms with Crippen LogP contribution in [0.2, 0.25) is 0 Å². The van der Waals surface area contributed by atoms with Gasteiger partial charge in [-0.15, -0.1) is 0 Å². The van der Waals surface area contributed by atoms with E-state index in [-0.39, 0.29) is 0 Å². The Morgan fingerprint density at radius 1 is 0.462 bits per heavy atom. The summed E-state index contributed by atoms with van der Waals surface area (Å²) in [5, 5.41) is 0. The molecule has 0 aliphatic rings. The highest BCUT2D eigenvalue weighted by Crippen LogP contribution is 2.17. The van der Waals surface area contributed by atoms with E-state index in [0.717, 1.165) is 0 Å². The molecule has 1 nitrogen and oxygen atoms in total. The molecule has 0 saturated carbocycles. The number of unbranched alkanes of at least 4 members (excludes halogenated alkanes) is 15. The van der Waals surface area contributed by atoms with Crippen LogP contribution in [0.25, 0.3) is 0 Å². The van der Waals surface area contributed by atoms with E-state index in [1.807, 2.05) is 0 Å². The molecule has 1 heteroatoms. The maximum atomic E-state index is 3.35. The third-order valence-electron chi connectivity index (χ3n) is 5.78. The minimum absolute atomic E-state index is 1.28. The van der Waals surface area contributed by atoms with E-state index >= 15 is 0 Å². The summed E-state index contributed by atoms with van der Waals surface area (Å²) in [5.74, 6) is 0. The van der Waals surface area contributed by atoms with Gasteiger partial charge in [0.1, 0.15) is 0 Å². The Morgan fingerprint density at radius 3 is 1.12 bits per heavy atom. The molecule has 1 rings (SSSR count). The van der Waals surface area contributed by atoms with E-state index < -0.39 is 0 Å². The average molecular weight is 362 g/mol. The monoisotopic (exact) mass is 361 g/mol. The van der Waals surface area contributed by atoms with Crippen molar-refractivity contribution in [3.63, 3.8) is 0 Å². The Bertz CT molecular complexity index is 393. The van der Waals surface area contributed by atoms with Gasteiger partial charge in [0, 0.05) is 12.4 Å². The van der Waals surface area contributed by atoms with Gasteiger partial charge in [0.25, 0.3) is 0 Å². The van der Waals surface area contributed by atoms with Gasteiger partial charge in [0.15, 0.2) is 0 Å². The number of rotatable bonds is 19. The lowest BCUT2D eigenvalue weighted by atomic mass is 10.00. The molecule has 1 N–H and O–H groups in total. The van der Waals surface area contributed by atoms with Gasteiger partial charge < -0.3 is 4.98 Å². The first-order chi connectivity index (χ1) is 12.9. The molecule has 0 spiro atoms. The Kier molecular flexibility index (Phi) is 15.9. The molecular formula is C25H47N. The fraction of sp³-hybridized carbons (Fsp3) is 0.840. The number of hydrogen-bond donors (Lipinski definition) is 1. The van der Waals surface area contributed by atoms with E-state index in [4.69, 9.17) is 0 Å². The second-order valence-corrected chi connectivity index (χ2v) is 8.31. The molecule has 0 aliphatic heterocycles. The van der Waals surface area contributed by atoms with Gasteiger partial charge in [-0.1, -0.05) is 110 Å². The van der Waals surface area contributed by atoms with Crippen molar-refractivity contribution in [3.05, 3.63) is 23.5 Å². The van der Waals surface area contributed by atoms with Crippen LogP contribution in [0, 0.1) is 0 Å². The van der Waals surface area contributed by atoms with Crippen molar-refractivity contribution < 1.29 is 0 Å². The smallest absolute Gasteiger partial charge is 0.00401 e. The van der Waals surface area contributed by atoms with E-state index in [1.165, 1.54) is 122 Å². The van der Waals surface area contributed by atoms with Crippen molar-refractivity contribution in [2.45, 2.75) is 136 Å². The summed E-state index contributed by atoms with van der Waals surface area (Å²) < 4.78 is 0. The zero-order valence-corrected chi connectivity index (χ0v) is 18.1. The van der Waals surface area contributed by atoms with E-state index in [1.54, 1.807) is 11.1 Å². The van der Waals surface area contributed by atoms with Crippen LogP contribution in [0.3, 0.4) is 0 Å². The van der Waals surface area contributed by atoms with E-state index in [9.17, 15) is 0 Å². The Morgan fingerprint density at radius 2 is 0.769 bits per heavy atom. The maximum Gasteiger partial charge on any atom is 0.00401 e. The van der Waals surface area contributed by atoms with Crippen molar-refractivity contribution in [3.8, 4) is 0 Å². The van der Waals surface area contributed by atoms with Gasteiger partial charge in [0.05, 0.1) is 0 Å². The second-order valence-electron chi connectivity index (χ2n) is 8.31. The molecule has 0 radical (unpaired) electrons. The largest absolute Gasteiger partial charge is 0.367 e. The Hall–Kier alpha value is -0.720. The molecule has 26 heavy (non-hydrogen) atoms. The number of aromatic amines is 1. The van der Waals surface area contributed by atoms with Crippen LogP contribution in [0.5, 0.6) is 0 Å². The summed E-state index contributed by atoms with van der Waals surface area (Å²) >= 11 is 0. The number of nitrogens with one attached hydrogen (secondary N) is 1. The highest BCUT2D eigenvalue weighted by atomic mass is 14.6. The van der Waals surface area contributed by atoms with Crippen LogP contribution < -0.4 is 0 Å². The predicted molar refractivity (Wildman–Crippen MR) is 118 cm³/mol. The number of hydrogen-bond acceptors (Lipinski definition) is 0. The number of H-pyrrole nitrogens is 1. The number of aryl methyl sites for hydroxylation is 2. The zero-order valence-electron chi connectivity index (χ0n) is 18.1. The molecule has 1 aromatic heterocycles. The SMILES string of the molecule is CCCCCCCCCCCc1c[nH]cc1CCCCCCCCCC. The van der Waals surface area contributed by atoms with Gasteiger partial charge in [-0.3, -0.25) is 0 Å². The summed E-state index contributed by atoms with van der Waals surface area (Å²) in [6.45, 7) is 4.59. The molecule has 0 unspecified atom stereocenters. The summed E-state index contributed by atoms with van der Waals surface area (Å²) in [6.07, 6.45) is 31.2. The summed E-state index contributed by atoms with van der Waals surface area (Å²) in [5.41, 5.74) is 3.19. The molecule has 0 amide bonds. The third kappa shape index (κ3) is 12.6. The van der Waals surface area contributed by atoms with Crippen molar-refractivity contribution >= 4 is 0 Å². The lowest BCUT2D eigenvalue weighted by molar-refractivity contribution is 0.563. The Balaban J connectivity index is 1.98. The standard InChI is InChI=1S/C25H47N/c1-3-5-7-9-11-13-15-17-19-21-25-23-26-22-24(25)20-18-16-14-12-10-8-6-4-2/h22-23,26H,3-21H2,1-2H3. The van der Waals surface area contributed by atoms with Crippen LogP contribution in [0.15, 0.2) is 12.4 Å². The molecular weight excluding hydrogens is 314 g/mol. The van der Waals surface area contributed by atoms with Crippen molar-refractivity contribution in [2.75, 3.05) is 0 Å². The van der Waals surface area contributed by atoms with Crippen molar-refractivity contribution in [1.82, 2.24) is 4.98 Å². The predicted octanol–water partition coefficient (Wildman–Crippen LogP) is 8.77. The molecule has 0 aromatic carbocycles. The molecule has 0 saturated heterocycles. The zero-order chi connectivity index (χ0) is 18.7. The maximum absolute atomic E-state index is 3.35. The quantitative estimate of drug-likeness (QED) is 0.237. The summed E-state index contributed by atoms with van der Waals surface area (Å²) in [6, 6.07) is 0. The third-order valence-corrected chi connectivity index (χ3v) is 5.78. The molecule has 1 heterocycles. The highest BCUT2D eigenvalue weighted by Gasteiger charge is 2.04. The van der Waals surface area contributed by atoms with Crippen LogP contribution in [-0.2, 0) is 12.8 Å². The fourth-order valence-corrected chi connectivity index (χ4v) is 3.97. The molecule has 152 valence electrons. The van der Waals surface area contributed by atoms with Gasteiger partial charge >= 0.3 is 0 Å². The van der Waals surface area contributed by atoms with Crippen molar-refractivity contribution in [2.24, 2.45) is 0 Å². The average Bonchev–Trinajstić information content (AvgIpc) is 3.10. The molecule has 0 aliphatic carbocycles. The fourth-order valence-electron chi connectivity index (χ4n) is 3.97. The van der Waals surface area contributed by atoms with Crippen LogP contribution >= 0.6 is 0 Å². The Labute approximate surface area is 164 Å². The normalized spacial score (nSPS) is 11.3. The van der Waals surface area contributed by atoms with Crippen LogP contribution in [-0.4, -0.2) is 4.98 Å². The van der Waals surface area contributed by atoms with Crippen LogP contribution in [0.1, 0.15) is 134 Å².